The number of thioether (sulfide) groups is 1. The van der Waals surface area contributed by atoms with Gasteiger partial charge in [-0.15, -0.1) is 11.8 Å². The van der Waals surface area contributed by atoms with Crippen LogP contribution in [0.2, 0.25) is 0 Å². The standard InChI is InChI=1S/C11H13NO2S/c1-14-8-4-5-10-9(7-8)12-11(13)3-2-6-15-10/h4-5,7H,2-3,6H2,1H3,(H,12,13). The number of fused-ring (bicyclic) bond motifs is 1. The zero-order valence-corrected chi connectivity index (χ0v) is 9.39. The third-order valence-corrected chi connectivity index (χ3v) is 3.43. The molecule has 3 nitrogen and oxygen atoms in total. The molecule has 0 unspecified atom stereocenters. The highest BCUT2D eigenvalue weighted by atomic mass is 32.2. The Morgan fingerprint density at radius 1 is 1.47 bits per heavy atom. The summed E-state index contributed by atoms with van der Waals surface area (Å²) in [4.78, 5) is 12.6. The Kier molecular flexibility index (Phi) is 3.16. The number of carbonyl (C=O) groups is 1. The Hall–Kier alpha value is -1.16. The second-order valence-corrected chi connectivity index (χ2v) is 4.50. The van der Waals surface area contributed by atoms with Crippen molar-refractivity contribution in [3.63, 3.8) is 0 Å². The topological polar surface area (TPSA) is 38.3 Å². The van der Waals surface area contributed by atoms with Crippen LogP contribution in [0.1, 0.15) is 12.8 Å². The number of hydrogen-bond acceptors (Lipinski definition) is 3. The number of methoxy groups -OCH3 is 1. The fraction of sp³-hybridized carbons (Fsp3) is 0.364. The SMILES string of the molecule is COc1ccc2c(c1)NC(=O)CCCS2. The lowest BCUT2D eigenvalue weighted by Gasteiger charge is -2.15. The lowest BCUT2D eigenvalue weighted by molar-refractivity contribution is -0.116. The van der Waals surface area contributed by atoms with Gasteiger partial charge in [-0.25, -0.2) is 0 Å². The van der Waals surface area contributed by atoms with E-state index in [4.69, 9.17) is 4.74 Å². The minimum absolute atomic E-state index is 0.0878. The maximum absolute atomic E-state index is 11.4. The Morgan fingerprint density at radius 3 is 3.13 bits per heavy atom. The zero-order valence-electron chi connectivity index (χ0n) is 8.58. The molecule has 0 aromatic heterocycles. The van der Waals surface area contributed by atoms with E-state index in [1.807, 2.05) is 18.2 Å². The zero-order chi connectivity index (χ0) is 10.7. The minimum atomic E-state index is 0.0878. The number of amides is 1. The Balaban J connectivity index is 2.32. The molecule has 0 fully saturated rings. The number of anilines is 1. The third-order valence-electron chi connectivity index (χ3n) is 2.27. The summed E-state index contributed by atoms with van der Waals surface area (Å²) in [5, 5.41) is 2.90. The molecule has 1 heterocycles. The average Bonchev–Trinajstić information content (AvgIpc) is 2.22. The molecule has 2 rings (SSSR count). The summed E-state index contributed by atoms with van der Waals surface area (Å²) in [6.07, 6.45) is 1.53. The second kappa shape index (κ2) is 4.57. The van der Waals surface area contributed by atoms with Crippen molar-refractivity contribution < 1.29 is 9.53 Å². The molecule has 0 radical (unpaired) electrons. The number of rotatable bonds is 1. The van der Waals surface area contributed by atoms with Crippen LogP contribution in [0.15, 0.2) is 23.1 Å². The lowest BCUT2D eigenvalue weighted by atomic mass is 10.2. The monoisotopic (exact) mass is 223 g/mol. The highest BCUT2D eigenvalue weighted by Gasteiger charge is 2.12. The van der Waals surface area contributed by atoms with Gasteiger partial charge in [0.05, 0.1) is 12.8 Å². The highest BCUT2D eigenvalue weighted by molar-refractivity contribution is 7.99. The van der Waals surface area contributed by atoms with Crippen LogP contribution in [0.3, 0.4) is 0 Å². The van der Waals surface area contributed by atoms with E-state index in [9.17, 15) is 4.79 Å². The van der Waals surface area contributed by atoms with Crippen LogP contribution in [-0.2, 0) is 4.79 Å². The molecule has 1 N–H and O–H groups in total. The predicted octanol–water partition coefficient (Wildman–Crippen LogP) is 2.52. The van der Waals surface area contributed by atoms with E-state index < -0.39 is 0 Å². The molecule has 0 atom stereocenters. The van der Waals surface area contributed by atoms with E-state index in [-0.39, 0.29) is 5.91 Å². The van der Waals surface area contributed by atoms with Crippen LogP contribution in [0, 0.1) is 0 Å². The number of carbonyl (C=O) groups excluding carboxylic acids is 1. The molecule has 1 amide bonds. The molecule has 0 aliphatic carbocycles. The first-order valence-corrected chi connectivity index (χ1v) is 5.89. The first-order valence-electron chi connectivity index (χ1n) is 4.90. The van der Waals surface area contributed by atoms with Gasteiger partial charge in [-0.1, -0.05) is 0 Å². The summed E-state index contributed by atoms with van der Waals surface area (Å²) in [5.74, 6) is 1.85. The molecule has 0 saturated carbocycles. The first-order chi connectivity index (χ1) is 7.29. The fourth-order valence-electron chi connectivity index (χ4n) is 1.49. The van der Waals surface area contributed by atoms with Crippen molar-refractivity contribution in [2.24, 2.45) is 0 Å². The van der Waals surface area contributed by atoms with E-state index in [2.05, 4.69) is 5.32 Å². The molecule has 80 valence electrons. The Bertz CT molecular complexity index is 379. The summed E-state index contributed by atoms with van der Waals surface area (Å²) in [6, 6.07) is 5.77. The summed E-state index contributed by atoms with van der Waals surface area (Å²) >= 11 is 1.77. The summed E-state index contributed by atoms with van der Waals surface area (Å²) in [7, 11) is 1.62. The molecular formula is C11H13NO2S. The average molecular weight is 223 g/mol. The van der Waals surface area contributed by atoms with Crippen molar-refractivity contribution in [3.8, 4) is 5.75 Å². The molecule has 1 aliphatic heterocycles. The summed E-state index contributed by atoms with van der Waals surface area (Å²) in [6.45, 7) is 0. The smallest absolute Gasteiger partial charge is 0.224 e. The van der Waals surface area contributed by atoms with E-state index in [0.29, 0.717) is 6.42 Å². The van der Waals surface area contributed by atoms with Gasteiger partial charge < -0.3 is 10.1 Å². The third kappa shape index (κ3) is 2.45. The molecule has 4 heteroatoms. The van der Waals surface area contributed by atoms with E-state index >= 15 is 0 Å². The van der Waals surface area contributed by atoms with Crippen molar-refractivity contribution in [3.05, 3.63) is 18.2 Å². The molecular weight excluding hydrogens is 210 g/mol. The molecule has 1 aliphatic rings. The Labute approximate surface area is 93.2 Å². The van der Waals surface area contributed by atoms with Gasteiger partial charge in [0.1, 0.15) is 5.75 Å². The lowest BCUT2D eigenvalue weighted by Crippen LogP contribution is -2.14. The van der Waals surface area contributed by atoms with Crippen LogP contribution < -0.4 is 10.1 Å². The molecule has 0 bridgehead atoms. The van der Waals surface area contributed by atoms with Gasteiger partial charge in [-0.2, -0.15) is 0 Å². The molecule has 1 aromatic rings. The van der Waals surface area contributed by atoms with Crippen LogP contribution in [-0.4, -0.2) is 18.8 Å². The summed E-state index contributed by atoms with van der Waals surface area (Å²) < 4.78 is 5.13. The second-order valence-electron chi connectivity index (χ2n) is 3.36. The Morgan fingerprint density at radius 2 is 2.33 bits per heavy atom. The van der Waals surface area contributed by atoms with Crippen LogP contribution in [0.5, 0.6) is 5.75 Å². The molecule has 0 saturated heterocycles. The number of nitrogens with one attached hydrogen (secondary N) is 1. The maximum Gasteiger partial charge on any atom is 0.224 e. The largest absolute Gasteiger partial charge is 0.497 e. The highest BCUT2D eigenvalue weighted by Crippen LogP contribution is 2.32. The molecule has 0 spiro atoms. The first kappa shape index (κ1) is 10.4. The molecule has 15 heavy (non-hydrogen) atoms. The van der Waals surface area contributed by atoms with E-state index in [1.165, 1.54) is 0 Å². The van der Waals surface area contributed by atoms with Gasteiger partial charge in [0, 0.05) is 17.4 Å². The van der Waals surface area contributed by atoms with Gasteiger partial charge in [-0.3, -0.25) is 4.79 Å². The number of ether oxygens (including phenoxy) is 1. The van der Waals surface area contributed by atoms with Crippen molar-refractivity contribution in [1.82, 2.24) is 0 Å². The summed E-state index contributed by atoms with van der Waals surface area (Å²) in [5.41, 5.74) is 0.865. The van der Waals surface area contributed by atoms with Gasteiger partial charge in [0.25, 0.3) is 0 Å². The van der Waals surface area contributed by atoms with Crippen LogP contribution >= 0.6 is 11.8 Å². The quantitative estimate of drug-likeness (QED) is 0.795. The van der Waals surface area contributed by atoms with Gasteiger partial charge in [0.15, 0.2) is 0 Å². The van der Waals surface area contributed by atoms with Crippen molar-refractivity contribution in [2.75, 3.05) is 18.2 Å². The van der Waals surface area contributed by atoms with E-state index in [1.54, 1.807) is 18.9 Å². The number of hydrogen-bond donors (Lipinski definition) is 1. The van der Waals surface area contributed by atoms with Crippen molar-refractivity contribution in [1.29, 1.82) is 0 Å². The predicted molar refractivity (Wildman–Crippen MR) is 61.6 cm³/mol. The van der Waals surface area contributed by atoms with Gasteiger partial charge in [-0.05, 0) is 24.3 Å². The van der Waals surface area contributed by atoms with Crippen LogP contribution in [0.4, 0.5) is 5.69 Å². The molecule has 1 aromatic carbocycles. The normalized spacial score (nSPS) is 15.9. The fourth-order valence-corrected chi connectivity index (χ4v) is 2.43. The van der Waals surface area contributed by atoms with Crippen molar-refractivity contribution >= 4 is 23.4 Å². The maximum atomic E-state index is 11.4. The van der Waals surface area contributed by atoms with Gasteiger partial charge in [0.2, 0.25) is 5.91 Å². The minimum Gasteiger partial charge on any atom is -0.497 e. The van der Waals surface area contributed by atoms with Crippen LogP contribution in [0.25, 0.3) is 0 Å². The van der Waals surface area contributed by atoms with Gasteiger partial charge >= 0.3 is 0 Å². The van der Waals surface area contributed by atoms with E-state index in [0.717, 1.165) is 28.5 Å². The number of benzene rings is 1. The van der Waals surface area contributed by atoms with Crippen molar-refractivity contribution in [2.45, 2.75) is 17.7 Å².